The van der Waals surface area contributed by atoms with Crippen molar-refractivity contribution in [3.05, 3.63) is 36.0 Å². The SMILES string of the molecule is COc1ccc(OCCNC(=O)c2nnc(C(C)C)o2)cc1. The lowest BCUT2D eigenvalue weighted by Crippen LogP contribution is -2.28. The molecule has 0 fully saturated rings. The van der Waals surface area contributed by atoms with Crippen LogP contribution in [0.5, 0.6) is 11.5 Å². The fourth-order valence-electron chi connectivity index (χ4n) is 1.64. The highest BCUT2D eigenvalue weighted by molar-refractivity contribution is 5.89. The Morgan fingerprint density at radius 1 is 1.23 bits per heavy atom. The lowest BCUT2D eigenvalue weighted by atomic mass is 10.2. The van der Waals surface area contributed by atoms with Crippen LogP contribution in [0.2, 0.25) is 0 Å². The van der Waals surface area contributed by atoms with Crippen LogP contribution in [0.4, 0.5) is 0 Å². The van der Waals surface area contributed by atoms with Crippen molar-refractivity contribution in [3.8, 4) is 11.5 Å². The van der Waals surface area contributed by atoms with Crippen LogP contribution in [0.25, 0.3) is 0 Å². The summed E-state index contributed by atoms with van der Waals surface area (Å²) >= 11 is 0. The zero-order valence-corrected chi connectivity index (χ0v) is 12.8. The van der Waals surface area contributed by atoms with E-state index in [2.05, 4.69) is 15.5 Å². The number of nitrogens with one attached hydrogen (secondary N) is 1. The third kappa shape index (κ3) is 4.21. The summed E-state index contributed by atoms with van der Waals surface area (Å²) < 4.78 is 15.8. The predicted molar refractivity (Wildman–Crippen MR) is 79.2 cm³/mol. The van der Waals surface area contributed by atoms with Crippen molar-refractivity contribution in [2.75, 3.05) is 20.3 Å². The summed E-state index contributed by atoms with van der Waals surface area (Å²) in [5, 5.41) is 10.2. The van der Waals surface area contributed by atoms with Crippen LogP contribution < -0.4 is 14.8 Å². The molecule has 22 heavy (non-hydrogen) atoms. The second-order valence-electron chi connectivity index (χ2n) is 4.88. The van der Waals surface area contributed by atoms with Crippen LogP contribution in [0.1, 0.15) is 36.3 Å². The van der Waals surface area contributed by atoms with E-state index in [1.807, 2.05) is 13.8 Å². The van der Waals surface area contributed by atoms with Gasteiger partial charge < -0.3 is 19.2 Å². The first-order valence-electron chi connectivity index (χ1n) is 6.98. The molecule has 0 aliphatic heterocycles. The monoisotopic (exact) mass is 305 g/mol. The number of aromatic nitrogens is 2. The lowest BCUT2D eigenvalue weighted by Gasteiger charge is -2.07. The number of carbonyl (C=O) groups is 1. The van der Waals surface area contributed by atoms with Gasteiger partial charge in [0.1, 0.15) is 18.1 Å². The normalized spacial score (nSPS) is 10.5. The maximum Gasteiger partial charge on any atom is 0.308 e. The molecule has 0 saturated carbocycles. The van der Waals surface area contributed by atoms with E-state index in [-0.39, 0.29) is 11.8 Å². The summed E-state index contributed by atoms with van der Waals surface area (Å²) in [6.07, 6.45) is 0. The fourth-order valence-corrected chi connectivity index (χ4v) is 1.64. The number of amides is 1. The highest BCUT2D eigenvalue weighted by atomic mass is 16.5. The molecule has 1 N–H and O–H groups in total. The molecule has 1 heterocycles. The minimum Gasteiger partial charge on any atom is -0.497 e. The summed E-state index contributed by atoms with van der Waals surface area (Å²) in [4.78, 5) is 11.8. The van der Waals surface area contributed by atoms with Crippen LogP contribution in [0.3, 0.4) is 0 Å². The summed E-state index contributed by atoms with van der Waals surface area (Å²) in [5.74, 6) is 1.56. The topological polar surface area (TPSA) is 86.5 Å². The number of carbonyl (C=O) groups excluding carboxylic acids is 1. The Kier molecular flexibility index (Phi) is 5.35. The summed E-state index contributed by atoms with van der Waals surface area (Å²) in [5.41, 5.74) is 0. The van der Waals surface area contributed by atoms with Gasteiger partial charge in [-0.25, -0.2) is 0 Å². The smallest absolute Gasteiger partial charge is 0.308 e. The predicted octanol–water partition coefficient (Wildman–Crippen LogP) is 2.01. The van der Waals surface area contributed by atoms with Crippen molar-refractivity contribution in [2.45, 2.75) is 19.8 Å². The van der Waals surface area contributed by atoms with Gasteiger partial charge in [0.05, 0.1) is 13.7 Å². The number of benzene rings is 1. The molecule has 7 nitrogen and oxygen atoms in total. The number of methoxy groups -OCH3 is 1. The van der Waals surface area contributed by atoms with E-state index in [4.69, 9.17) is 13.9 Å². The van der Waals surface area contributed by atoms with Gasteiger partial charge in [-0.15, -0.1) is 10.2 Å². The standard InChI is InChI=1S/C15H19N3O4/c1-10(2)14-17-18-15(22-14)13(19)16-8-9-21-12-6-4-11(20-3)5-7-12/h4-7,10H,8-9H2,1-3H3,(H,16,19). The first-order chi connectivity index (χ1) is 10.6. The van der Waals surface area contributed by atoms with Crippen molar-refractivity contribution >= 4 is 5.91 Å². The fraction of sp³-hybridized carbons (Fsp3) is 0.400. The Morgan fingerprint density at radius 3 is 2.50 bits per heavy atom. The first kappa shape index (κ1) is 15.8. The van der Waals surface area contributed by atoms with Crippen molar-refractivity contribution in [1.82, 2.24) is 15.5 Å². The molecule has 1 aromatic heterocycles. The van der Waals surface area contributed by atoms with E-state index in [1.165, 1.54) is 0 Å². The van der Waals surface area contributed by atoms with Gasteiger partial charge in [0.2, 0.25) is 5.89 Å². The quantitative estimate of drug-likeness (QED) is 0.787. The van der Waals surface area contributed by atoms with Gasteiger partial charge in [0, 0.05) is 5.92 Å². The van der Waals surface area contributed by atoms with Crippen molar-refractivity contribution in [3.63, 3.8) is 0 Å². The first-order valence-corrected chi connectivity index (χ1v) is 6.98. The largest absolute Gasteiger partial charge is 0.497 e. The third-order valence-electron chi connectivity index (χ3n) is 2.84. The molecule has 1 amide bonds. The zero-order chi connectivity index (χ0) is 15.9. The number of nitrogens with zero attached hydrogens (tertiary/aromatic N) is 2. The second kappa shape index (κ2) is 7.44. The molecule has 0 bridgehead atoms. The molecule has 7 heteroatoms. The Labute approximate surface area is 128 Å². The molecule has 0 radical (unpaired) electrons. The molecule has 0 atom stereocenters. The molecule has 2 aromatic rings. The molecule has 0 unspecified atom stereocenters. The van der Waals surface area contributed by atoms with E-state index in [9.17, 15) is 4.79 Å². The van der Waals surface area contributed by atoms with Gasteiger partial charge in [-0.3, -0.25) is 4.79 Å². The molecule has 0 aliphatic rings. The molecule has 1 aromatic carbocycles. The number of ether oxygens (including phenoxy) is 2. The van der Waals surface area contributed by atoms with Gasteiger partial charge in [-0.05, 0) is 24.3 Å². The van der Waals surface area contributed by atoms with Gasteiger partial charge in [-0.2, -0.15) is 0 Å². The zero-order valence-electron chi connectivity index (χ0n) is 12.8. The minimum atomic E-state index is -0.405. The highest BCUT2D eigenvalue weighted by Gasteiger charge is 2.15. The van der Waals surface area contributed by atoms with Crippen LogP contribution in [0, 0.1) is 0 Å². The van der Waals surface area contributed by atoms with Crippen LogP contribution in [0.15, 0.2) is 28.7 Å². The van der Waals surface area contributed by atoms with E-state index in [0.717, 1.165) is 5.75 Å². The molecule has 0 saturated heterocycles. The Hall–Kier alpha value is -2.57. The van der Waals surface area contributed by atoms with Gasteiger partial charge in [0.25, 0.3) is 0 Å². The lowest BCUT2D eigenvalue weighted by molar-refractivity contribution is 0.0910. The second-order valence-corrected chi connectivity index (χ2v) is 4.88. The molecule has 0 spiro atoms. The molecular formula is C15H19N3O4. The Morgan fingerprint density at radius 2 is 1.91 bits per heavy atom. The van der Waals surface area contributed by atoms with Crippen molar-refractivity contribution in [1.29, 1.82) is 0 Å². The Bertz CT molecular complexity index is 608. The average molecular weight is 305 g/mol. The van der Waals surface area contributed by atoms with Crippen LogP contribution in [-0.4, -0.2) is 36.4 Å². The maximum absolute atomic E-state index is 11.8. The highest BCUT2D eigenvalue weighted by Crippen LogP contribution is 2.16. The van der Waals surface area contributed by atoms with Crippen LogP contribution in [-0.2, 0) is 0 Å². The average Bonchev–Trinajstić information content (AvgIpc) is 3.02. The van der Waals surface area contributed by atoms with Gasteiger partial charge >= 0.3 is 11.8 Å². The van der Waals surface area contributed by atoms with Crippen molar-refractivity contribution < 1.29 is 18.7 Å². The van der Waals surface area contributed by atoms with E-state index >= 15 is 0 Å². The van der Waals surface area contributed by atoms with Gasteiger partial charge in [-0.1, -0.05) is 13.8 Å². The minimum absolute atomic E-state index is 0.0341. The van der Waals surface area contributed by atoms with Crippen molar-refractivity contribution in [2.24, 2.45) is 0 Å². The van der Waals surface area contributed by atoms with E-state index < -0.39 is 5.91 Å². The third-order valence-corrected chi connectivity index (χ3v) is 2.84. The van der Waals surface area contributed by atoms with Gasteiger partial charge in [0.15, 0.2) is 0 Å². The molecular weight excluding hydrogens is 286 g/mol. The maximum atomic E-state index is 11.8. The van der Waals surface area contributed by atoms with Crippen LogP contribution >= 0.6 is 0 Å². The number of hydrogen-bond donors (Lipinski definition) is 1. The van der Waals surface area contributed by atoms with E-state index in [0.29, 0.717) is 24.8 Å². The summed E-state index contributed by atoms with van der Waals surface area (Å²) in [6.45, 7) is 4.50. The Balaban J connectivity index is 1.74. The molecule has 2 rings (SSSR count). The van der Waals surface area contributed by atoms with E-state index in [1.54, 1.807) is 31.4 Å². The summed E-state index contributed by atoms with van der Waals surface area (Å²) in [7, 11) is 1.60. The molecule has 0 aliphatic carbocycles. The summed E-state index contributed by atoms with van der Waals surface area (Å²) in [6, 6.07) is 7.21. The number of rotatable bonds is 7. The number of hydrogen-bond acceptors (Lipinski definition) is 6. The molecule has 118 valence electrons.